The fraction of sp³-hybridized carbons (Fsp3) is 0.200. The smallest absolute Gasteiger partial charge is 0.332 e. The molecule has 0 aliphatic carbocycles. The Hall–Kier alpha value is -3.55. The van der Waals surface area contributed by atoms with Crippen LogP contribution in [0.4, 0.5) is 0 Å². The lowest BCUT2D eigenvalue weighted by molar-refractivity contribution is -0.147. The first kappa shape index (κ1) is 24.1. The molecular formula is C25H24ClNO6. The molecule has 0 heterocycles. The van der Waals surface area contributed by atoms with Gasteiger partial charge in [0.2, 0.25) is 0 Å². The third kappa shape index (κ3) is 7.52. The van der Waals surface area contributed by atoms with Crippen LogP contribution in [-0.2, 0) is 16.0 Å². The van der Waals surface area contributed by atoms with E-state index in [0.29, 0.717) is 17.2 Å². The molecule has 33 heavy (non-hydrogen) atoms. The van der Waals surface area contributed by atoms with E-state index in [1.165, 1.54) is 24.3 Å². The van der Waals surface area contributed by atoms with Gasteiger partial charge in [0.25, 0.3) is 5.91 Å². The Kier molecular flexibility index (Phi) is 8.29. The van der Waals surface area contributed by atoms with E-state index in [2.05, 4.69) is 5.32 Å². The van der Waals surface area contributed by atoms with Gasteiger partial charge in [0, 0.05) is 17.5 Å². The summed E-state index contributed by atoms with van der Waals surface area (Å²) in [5.74, 6) is -1.33. The van der Waals surface area contributed by atoms with Crippen molar-refractivity contribution in [2.75, 3.05) is 6.61 Å². The highest BCUT2D eigenvalue weighted by atomic mass is 35.5. The van der Waals surface area contributed by atoms with Gasteiger partial charge in [-0.25, -0.2) is 4.79 Å². The molecule has 172 valence electrons. The first-order valence-corrected chi connectivity index (χ1v) is 10.6. The minimum Gasteiger partial charge on any atom is -0.508 e. The van der Waals surface area contributed by atoms with E-state index < -0.39 is 24.0 Å². The van der Waals surface area contributed by atoms with E-state index in [0.717, 1.165) is 16.7 Å². The Morgan fingerprint density at radius 3 is 2.30 bits per heavy atom. The highest BCUT2D eigenvalue weighted by molar-refractivity contribution is 6.30. The molecule has 7 nitrogen and oxygen atoms in total. The van der Waals surface area contributed by atoms with Gasteiger partial charge in [-0.15, -0.1) is 0 Å². The van der Waals surface area contributed by atoms with E-state index in [1.807, 2.05) is 42.5 Å². The zero-order chi connectivity index (χ0) is 23.8. The number of aliphatic carboxylic acids is 1. The SMILES string of the molecule is O=C(COc1ccc(O)cc1)NC(Cc1ccc(-c2cccc(Cl)c2)cc1)CC(O)C(=O)O. The van der Waals surface area contributed by atoms with Crippen molar-refractivity contribution in [2.24, 2.45) is 0 Å². The number of ether oxygens (including phenoxy) is 1. The van der Waals surface area contributed by atoms with Gasteiger partial charge in [-0.05, 0) is 59.5 Å². The van der Waals surface area contributed by atoms with Crippen LogP contribution < -0.4 is 10.1 Å². The van der Waals surface area contributed by atoms with Gasteiger partial charge in [0.05, 0.1) is 0 Å². The second kappa shape index (κ2) is 11.4. The van der Waals surface area contributed by atoms with Gasteiger partial charge < -0.3 is 25.4 Å². The highest BCUT2D eigenvalue weighted by Crippen LogP contribution is 2.23. The minimum atomic E-state index is -1.61. The fourth-order valence-corrected chi connectivity index (χ4v) is 3.50. The van der Waals surface area contributed by atoms with Crippen LogP contribution in [0.25, 0.3) is 11.1 Å². The molecule has 0 aromatic heterocycles. The number of aliphatic hydroxyl groups excluding tert-OH is 1. The molecule has 0 spiro atoms. The average Bonchev–Trinajstić information content (AvgIpc) is 2.79. The topological polar surface area (TPSA) is 116 Å². The molecule has 0 saturated heterocycles. The van der Waals surface area contributed by atoms with Crippen molar-refractivity contribution in [3.63, 3.8) is 0 Å². The fourth-order valence-electron chi connectivity index (χ4n) is 3.31. The summed E-state index contributed by atoms with van der Waals surface area (Å²) < 4.78 is 5.39. The Bertz CT molecular complexity index is 1080. The zero-order valence-electron chi connectivity index (χ0n) is 17.6. The lowest BCUT2D eigenvalue weighted by atomic mass is 9.98. The van der Waals surface area contributed by atoms with Crippen molar-refractivity contribution in [2.45, 2.75) is 25.0 Å². The van der Waals surface area contributed by atoms with Crippen molar-refractivity contribution < 1.29 is 29.6 Å². The maximum absolute atomic E-state index is 12.4. The minimum absolute atomic E-state index is 0.0795. The summed E-state index contributed by atoms with van der Waals surface area (Å²) in [4.78, 5) is 23.5. The summed E-state index contributed by atoms with van der Waals surface area (Å²) in [5, 5.41) is 31.6. The Morgan fingerprint density at radius 1 is 0.970 bits per heavy atom. The number of amides is 1. The highest BCUT2D eigenvalue weighted by Gasteiger charge is 2.22. The van der Waals surface area contributed by atoms with Crippen LogP contribution in [0.3, 0.4) is 0 Å². The number of phenolic OH excluding ortho intramolecular Hbond substituents is 1. The van der Waals surface area contributed by atoms with Crippen molar-refractivity contribution in [3.05, 3.63) is 83.4 Å². The lowest BCUT2D eigenvalue weighted by Crippen LogP contribution is -2.42. The summed E-state index contributed by atoms with van der Waals surface area (Å²) in [6.45, 7) is -0.294. The number of carboxylic acid groups (broad SMARTS) is 1. The number of halogens is 1. The van der Waals surface area contributed by atoms with Crippen molar-refractivity contribution >= 4 is 23.5 Å². The number of hydrogen-bond donors (Lipinski definition) is 4. The number of rotatable bonds is 10. The normalized spacial score (nSPS) is 12.5. The molecule has 3 aromatic rings. The molecule has 1 amide bonds. The number of aromatic hydroxyl groups is 1. The molecular weight excluding hydrogens is 446 g/mol. The first-order chi connectivity index (χ1) is 15.8. The Morgan fingerprint density at radius 2 is 1.67 bits per heavy atom. The molecule has 3 aromatic carbocycles. The summed E-state index contributed by atoms with van der Waals surface area (Å²) in [6, 6.07) is 20.4. The van der Waals surface area contributed by atoms with Crippen molar-refractivity contribution in [3.8, 4) is 22.6 Å². The number of nitrogens with one attached hydrogen (secondary N) is 1. The van der Waals surface area contributed by atoms with E-state index in [1.54, 1.807) is 6.07 Å². The molecule has 2 unspecified atom stereocenters. The zero-order valence-corrected chi connectivity index (χ0v) is 18.4. The van der Waals surface area contributed by atoms with Crippen LogP contribution >= 0.6 is 11.6 Å². The molecule has 0 radical (unpaired) electrons. The van der Waals surface area contributed by atoms with Gasteiger partial charge in [-0.3, -0.25) is 4.79 Å². The van der Waals surface area contributed by atoms with Gasteiger partial charge in [0.1, 0.15) is 11.5 Å². The quantitative estimate of drug-likeness (QED) is 0.360. The van der Waals surface area contributed by atoms with E-state index in [9.17, 15) is 19.8 Å². The van der Waals surface area contributed by atoms with E-state index >= 15 is 0 Å². The van der Waals surface area contributed by atoms with Crippen LogP contribution in [0.15, 0.2) is 72.8 Å². The second-order valence-electron chi connectivity index (χ2n) is 7.55. The Balaban J connectivity index is 1.64. The molecule has 8 heteroatoms. The van der Waals surface area contributed by atoms with Crippen LogP contribution in [0.2, 0.25) is 5.02 Å². The molecule has 0 saturated carbocycles. The molecule has 3 rings (SSSR count). The third-order valence-corrected chi connectivity index (χ3v) is 5.19. The van der Waals surface area contributed by atoms with E-state index in [-0.39, 0.29) is 18.8 Å². The van der Waals surface area contributed by atoms with Crippen LogP contribution in [-0.4, -0.2) is 45.9 Å². The van der Waals surface area contributed by atoms with Gasteiger partial charge in [-0.1, -0.05) is 48.0 Å². The van der Waals surface area contributed by atoms with Gasteiger partial charge >= 0.3 is 5.97 Å². The standard InChI is InChI=1S/C25H24ClNO6/c26-19-3-1-2-18(13-19)17-6-4-16(5-7-17)12-20(14-23(29)25(31)32)27-24(30)15-33-22-10-8-21(28)9-11-22/h1-11,13,20,23,28-29H,12,14-15H2,(H,27,30)(H,31,32). The maximum Gasteiger partial charge on any atom is 0.332 e. The molecule has 0 aliphatic heterocycles. The number of carbonyl (C=O) groups excluding carboxylic acids is 1. The first-order valence-electron chi connectivity index (χ1n) is 10.3. The summed E-state index contributed by atoms with van der Waals surface area (Å²) >= 11 is 6.06. The largest absolute Gasteiger partial charge is 0.508 e. The monoisotopic (exact) mass is 469 g/mol. The number of benzene rings is 3. The third-order valence-electron chi connectivity index (χ3n) is 4.96. The van der Waals surface area contributed by atoms with Gasteiger partial charge in [-0.2, -0.15) is 0 Å². The number of aliphatic hydroxyl groups is 1. The molecule has 2 atom stereocenters. The number of carboxylic acids is 1. The average molecular weight is 470 g/mol. The molecule has 4 N–H and O–H groups in total. The number of carbonyl (C=O) groups is 2. The van der Waals surface area contributed by atoms with Crippen LogP contribution in [0.5, 0.6) is 11.5 Å². The summed E-state index contributed by atoms with van der Waals surface area (Å²) in [5.41, 5.74) is 2.80. The van der Waals surface area contributed by atoms with E-state index in [4.69, 9.17) is 21.4 Å². The Labute approximate surface area is 196 Å². The van der Waals surface area contributed by atoms with Crippen LogP contribution in [0.1, 0.15) is 12.0 Å². The second-order valence-corrected chi connectivity index (χ2v) is 7.98. The summed E-state index contributed by atoms with van der Waals surface area (Å²) in [6.07, 6.45) is -1.44. The van der Waals surface area contributed by atoms with Crippen molar-refractivity contribution in [1.29, 1.82) is 0 Å². The van der Waals surface area contributed by atoms with Gasteiger partial charge in [0.15, 0.2) is 12.7 Å². The number of phenols is 1. The lowest BCUT2D eigenvalue weighted by Gasteiger charge is -2.21. The number of hydrogen-bond acceptors (Lipinski definition) is 5. The predicted octanol–water partition coefficient (Wildman–Crippen LogP) is 3.65. The maximum atomic E-state index is 12.4. The molecule has 0 aliphatic rings. The molecule has 0 bridgehead atoms. The molecule has 0 fully saturated rings. The summed E-state index contributed by atoms with van der Waals surface area (Å²) in [7, 11) is 0. The van der Waals surface area contributed by atoms with Crippen LogP contribution in [0, 0.1) is 0 Å². The predicted molar refractivity (Wildman–Crippen MR) is 124 cm³/mol. The van der Waals surface area contributed by atoms with Crippen molar-refractivity contribution in [1.82, 2.24) is 5.32 Å².